The molecule has 3 fully saturated rings. The van der Waals surface area contributed by atoms with Gasteiger partial charge in [-0.15, -0.1) is 0 Å². The number of carbonyl (C=O) groups is 7. The van der Waals surface area contributed by atoms with Gasteiger partial charge in [-0.05, 0) is 12.1 Å². The lowest BCUT2D eigenvalue weighted by molar-refractivity contribution is -0.181. The number of carbonyl (C=O) groups excluding carboxylic acids is 7. The number of hydroxylamine groups is 2. The zero-order valence-electron chi connectivity index (χ0n) is 38.6. The van der Waals surface area contributed by atoms with Crippen LogP contribution in [0.25, 0.3) is 0 Å². The Kier molecular flexibility index (Phi) is 16.7. The number of rotatable bonds is 6. The van der Waals surface area contributed by atoms with E-state index in [2.05, 4.69) is 16.3 Å². The number of ether oxygens (including phenoxy) is 7. The number of esters is 1. The van der Waals surface area contributed by atoms with Gasteiger partial charge in [0, 0.05) is 43.3 Å². The summed E-state index contributed by atoms with van der Waals surface area (Å²) in [4.78, 5) is 133. The average molecular weight is 1050 g/mol. The number of pyridine rings is 3. The highest BCUT2D eigenvalue weighted by Crippen LogP contribution is 2.29. The molecule has 3 N–H and O–H groups in total. The second-order valence-electron chi connectivity index (χ2n) is 16.2. The van der Waals surface area contributed by atoms with Crippen LogP contribution in [0.3, 0.4) is 0 Å². The van der Waals surface area contributed by atoms with Gasteiger partial charge in [-0.2, -0.15) is 0 Å². The number of methoxy groups -OCH3 is 4. The first-order valence-electron chi connectivity index (χ1n) is 21.9. The molecule has 11 rings (SSSR count). The maximum absolute atomic E-state index is 13.3. The Morgan fingerprint density at radius 3 is 1.33 bits per heavy atom. The highest BCUT2D eigenvalue weighted by atomic mass is 16.7. The molecule has 5 atom stereocenters. The number of imide groups is 1. The van der Waals surface area contributed by atoms with Gasteiger partial charge in [-0.1, -0.05) is 39.5 Å². The Morgan fingerprint density at radius 1 is 0.507 bits per heavy atom. The van der Waals surface area contributed by atoms with Crippen LogP contribution in [0.1, 0.15) is 74.5 Å². The number of aromatic nitrogens is 3. The minimum Gasteiger partial charge on any atom is -0.491 e. The standard InChI is InChI=1S/C20H16N4O8.C13H15N3O6.C11H13N3O4.3CH4/c1-30-16-13(25)6-7-22-15(16)19(28)23-12(8-31-9-14(23)21-22)20(29)32-24-17(26)10-4-2-3-5-11(10)18(24)27;1-20-11-8(17)3-4-15-10(11)12(18)16-7(13(19)21-2)5-22-6-9(16)14-15;1-17-10-7(15)2-3-14-9(10)11(16)13-4-5-18-6-8(13)12-14;;;/h2-7,12,14,21H,8-9H2,1H3;3-4,7,9,14H,5-6H2,1-2H3;2-3,8,12H,4-6H2,1H3;3*1H4/t12-,14-;7-,9-;8-;;;/m000.../s1. The monoisotopic (exact) mass is 1050 g/mol. The third kappa shape index (κ3) is 9.67. The van der Waals surface area contributed by atoms with Gasteiger partial charge < -0.3 is 59.2 Å². The number of hydrogen-bond acceptors (Lipinski definition) is 21. The van der Waals surface area contributed by atoms with E-state index in [1.165, 1.54) is 96.3 Å². The van der Waals surface area contributed by atoms with E-state index in [0.717, 1.165) is 4.90 Å². The Labute approximate surface area is 426 Å². The molecular weight excluding hydrogens is 993 g/mol. The third-order valence-electron chi connectivity index (χ3n) is 12.2. The average Bonchev–Trinajstić information content (AvgIpc) is 3.63. The Bertz CT molecular complexity index is 3070. The van der Waals surface area contributed by atoms with Gasteiger partial charge in [0.1, 0.15) is 18.5 Å². The van der Waals surface area contributed by atoms with E-state index >= 15 is 0 Å². The quantitative estimate of drug-likeness (QED) is 0.157. The molecule has 7 aliphatic heterocycles. The number of morpholine rings is 3. The number of benzene rings is 1. The summed E-state index contributed by atoms with van der Waals surface area (Å²) < 4.78 is 40.3. The molecule has 5 amide bonds. The number of nitrogens with one attached hydrogen (secondary N) is 3. The molecule has 1 aromatic carbocycles. The fourth-order valence-electron chi connectivity index (χ4n) is 8.89. The molecule has 28 heteroatoms. The van der Waals surface area contributed by atoms with E-state index in [0.29, 0.717) is 24.8 Å². The predicted octanol–water partition coefficient (Wildman–Crippen LogP) is -0.790. The number of amides is 5. The summed E-state index contributed by atoms with van der Waals surface area (Å²) in [7, 11) is 5.20. The van der Waals surface area contributed by atoms with Crippen LogP contribution < -0.4 is 46.8 Å². The van der Waals surface area contributed by atoms with Crippen molar-refractivity contribution in [2.24, 2.45) is 0 Å². The van der Waals surface area contributed by atoms with Crippen molar-refractivity contribution in [2.45, 2.75) is 52.9 Å². The molecule has 0 unspecified atom stereocenters. The van der Waals surface area contributed by atoms with Crippen molar-refractivity contribution in [1.29, 1.82) is 0 Å². The lowest BCUT2D eigenvalue weighted by Crippen LogP contribution is -2.65. The van der Waals surface area contributed by atoms with Crippen LogP contribution in [0, 0.1) is 0 Å². The van der Waals surface area contributed by atoms with Gasteiger partial charge in [0.15, 0.2) is 46.4 Å². The van der Waals surface area contributed by atoms with Crippen LogP contribution >= 0.6 is 0 Å². The molecular formula is C47H56N10O18. The highest BCUT2D eigenvalue weighted by Gasteiger charge is 2.49. The minimum atomic E-state index is -1.29. The molecule has 3 saturated heterocycles. The third-order valence-corrected chi connectivity index (χ3v) is 12.2. The van der Waals surface area contributed by atoms with Gasteiger partial charge in [-0.25, -0.2) is 9.59 Å². The fourth-order valence-corrected chi connectivity index (χ4v) is 8.89. The molecule has 0 bridgehead atoms. The van der Waals surface area contributed by atoms with Crippen LogP contribution in [-0.4, -0.2) is 180 Å². The molecule has 0 saturated carbocycles. The van der Waals surface area contributed by atoms with E-state index in [1.807, 2.05) is 0 Å². The first-order valence-corrected chi connectivity index (χ1v) is 21.9. The molecule has 7 aliphatic rings. The van der Waals surface area contributed by atoms with Gasteiger partial charge in [0.2, 0.25) is 16.3 Å². The number of hydrogen-bond donors (Lipinski definition) is 3. The summed E-state index contributed by atoms with van der Waals surface area (Å²) >= 11 is 0. The summed E-state index contributed by atoms with van der Waals surface area (Å²) in [5, 5.41) is 0.373. The zero-order valence-corrected chi connectivity index (χ0v) is 38.6. The van der Waals surface area contributed by atoms with E-state index < -0.39 is 70.8 Å². The maximum atomic E-state index is 13.3. The molecule has 0 spiro atoms. The molecule has 10 heterocycles. The first kappa shape index (κ1) is 55.6. The van der Waals surface area contributed by atoms with Gasteiger partial charge in [0.25, 0.3) is 29.5 Å². The number of fused-ring (bicyclic) bond motifs is 7. The van der Waals surface area contributed by atoms with Crippen molar-refractivity contribution in [3.05, 3.63) is 120 Å². The molecule has 0 aliphatic carbocycles. The molecule has 3 aromatic heterocycles. The van der Waals surface area contributed by atoms with Crippen molar-refractivity contribution in [1.82, 2.24) is 33.8 Å². The summed E-state index contributed by atoms with van der Waals surface area (Å²) in [6, 6.07) is 7.78. The van der Waals surface area contributed by atoms with Crippen molar-refractivity contribution in [3.63, 3.8) is 0 Å². The SMILES string of the molecule is C.C.C.COC(=O)[C@@H]1COC[C@H]2Nn3ccc(=O)c(OC)c3C(=O)N21.COc1c2n(ccc1=O)N[C@@H]1COCCN1C2=O.COc1c2n(ccc1=O)N[C@@H]1COC[C@@H](C(=O)ON3C(=O)c4ccccc4C3=O)N1C2=O. The van der Waals surface area contributed by atoms with Crippen LogP contribution in [0.2, 0.25) is 0 Å². The summed E-state index contributed by atoms with van der Waals surface area (Å²) in [6.45, 7) is 1.51. The topological polar surface area (TPSA) is 308 Å². The normalized spacial score (nSPS) is 21.2. The second kappa shape index (κ2) is 22.6. The molecule has 75 heavy (non-hydrogen) atoms. The second-order valence-corrected chi connectivity index (χ2v) is 16.2. The molecule has 0 radical (unpaired) electrons. The van der Waals surface area contributed by atoms with Gasteiger partial charge in [0.05, 0.1) is 79.2 Å². The van der Waals surface area contributed by atoms with E-state index in [4.69, 9.17) is 38.0 Å². The number of nitrogens with zero attached hydrogens (tertiary/aromatic N) is 7. The van der Waals surface area contributed by atoms with Crippen LogP contribution in [0.15, 0.2) is 75.4 Å². The molecule has 4 aromatic rings. The predicted molar refractivity (Wildman–Crippen MR) is 260 cm³/mol. The smallest absolute Gasteiger partial charge is 0.357 e. The highest BCUT2D eigenvalue weighted by molar-refractivity contribution is 6.21. The largest absolute Gasteiger partial charge is 0.491 e. The summed E-state index contributed by atoms with van der Waals surface area (Å²) in [5.41, 5.74) is 8.26. The van der Waals surface area contributed by atoms with Crippen LogP contribution in [-0.2, 0) is 33.4 Å². The van der Waals surface area contributed by atoms with E-state index in [9.17, 15) is 47.9 Å². The molecule has 28 nitrogen and oxygen atoms in total. The van der Waals surface area contributed by atoms with Crippen molar-refractivity contribution >= 4 is 41.5 Å². The molecule has 402 valence electrons. The minimum absolute atomic E-state index is 0. The lowest BCUT2D eigenvalue weighted by atomic mass is 10.1. The Hall–Kier alpha value is -8.76. The lowest BCUT2D eigenvalue weighted by Gasteiger charge is -2.44. The first-order chi connectivity index (χ1) is 34.7. The van der Waals surface area contributed by atoms with Gasteiger partial charge in [-0.3, -0.25) is 62.2 Å². The van der Waals surface area contributed by atoms with E-state index in [1.54, 1.807) is 17.0 Å². The van der Waals surface area contributed by atoms with Crippen LogP contribution in [0.5, 0.6) is 17.2 Å². The summed E-state index contributed by atoms with van der Waals surface area (Å²) in [6.07, 6.45) is 2.84. The van der Waals surface area contributed by atoms with E-state index in [-0.39, 0.29) is 112 Å². The summed E-state index contributed by atoms with van der Waals surface area (Å²) in [5.74, 6) is -4.75. The van der Waals surface area contributed by atoms with Crippen molar-refractivity contribution in [3.8, 4) is 17.2 Å². The Balaban J connectivity index is 0.000000188. The maximum Gasteiger partial charge on any atom is 0.357 e. The zero-order chi connectivity index (χ0) is 51.1. The van der Waals surface area contributed by atoms with Crippen LogP contribution in [0.4, 0.5) is 0 Å². The van der Waals surface area contributed by atoms with Crippen molar-refractivity contribution < 1.29 is 71.6 Å². The fraction of sp³-hybridized carbons (Fsp3) is 0.404. The van der Waals surface area contributed by atoms with Gasteiger partial charge >= 0.3 is 11.9 Å². The van der Waals surface area contributed by atoms with Crippen molar-refractivity contribution in [2.75, 3.05) is 90.9 Å². The Morgan fingerprint density at radius 2 is 0.907 bits per heavy atom.